The monoisotopic (exact) mass is 518 g/mol. The van der Waals surface area contributed by atoms with E-state index in [4.69, 9.17) is 14.2 Å². The molecule has 0 aliphatic carbocycles. The largest absolute Gasteiger partial charge is 0.489 e. The Kier molecular flexibility index (Phi) is 10.7. The number of nitrogens with one attached hydrogen (secondary N) is 2. The van der Waals surface area contributed by atoms with Crippen molar-refractivity contribution in [2.24, 2.45) is 5.92 Å². The standard InChI is InChI=1S/C30H34N2O6/c1-21(2)27(32-30(35)38-20-24-12-8-5-9-13-24)28(33)31-26(29(34)36-3)18-22-14-16-25(17-15-22)37-19-23-10-6-4-7-11-23/h4-17,21,26-27H,18-20H2,1-3H3,(H,31,33)(H,32,35)/t26-,27+/m0/s1. The van der Waals surface area contributed by atoms with Gasteiger partial charge in [-0.2, -0.15) is 0 Å². The van der Waals surface area contributed by atoms with E-state index in [-0.39, 0.29) is 18.9 Å². The molecule has 8 heteroatoms. The van der Waals surface area contributed by atoms with E-state index in [1.165, 1.54) is 7.11 Å². The van der Waals surface area contributed by atoms with Crippen LogP contribution in [0.4, 0.5) is 4.79 Å². The van der Waals surface area contributed by atoms with E-state index >= 15 is 0 Å². The van der Waals surface area contributed by atoms with Gasteiger partial charge in [-0.1, -0.05) is 86.6 Å². The van der Waals surface area contributed by atoms with Crippen LogP contribution in [-0.4, -0.2) is 37.2 Å². The minimum atomic E-state index is -0.938. The van der Waals surface area contributed by atoms with Gasteiger partial charge in [0.15, 0.2) is 0 Å². The smallest absolute Gasteiger partial charge is 0.408 e. The number of methoxy groups -OCH3 is 1. The molecule has 0 saturated heterocycles. The fourth-order valence-electron chi connectivity index (χ4n) is 3.72. The third kappa shape index (κ3) is 8.96. The third-order valence-corrected chi connectivity index (χ3v) is 5.85. The van der Waals surface area contributed by atoms with Crippen LogP contribution in [0.5, 0.6) is 5.75 Å². The number of alkyl carbamates (subject to hydrolysis) is 1. The SMILES string of the molecule is COC(=O)[C@H](Cc1ccc(OCc2ccccc2)cc1)NC(=O)[C@H](NC(=O)OCc1ccccc1)C(C)C. The number of carbonyl (C=O) groups excluding carboxylic acids is 3. The van der Waals surface area contributed by atoms with Gasteiger partial charge in [0, 0.05) is 6.42 Å². The number of benzene rings is 3. The molecule has 0 spiro atoms. The van der Waals surface area contributed by atoms with Crippen LogP contribution in [0.3, 0.4) is 0 Å². The summed E-state index contributed by atoms with van der Waals surface area (Å²) in [5.74, 6) is -0.653. The van der Waals surface area contributed by atoms with Crippen molar-refractivity contribution in [2.45, 2.75) is 45.6 Å². The summed E-state index contributed by atoms with van der Waals surface area (Å²) in [5.41, 5.74) is 2.70. The van der Waals surface area contributed by atoms with Gasteiger partial charge in [0.25, 0.3) is 0 Å². The minimum Gasteiger partial charge on any atom is -0.489 e. The molecule has 0 aliphatic heterocycles. The Bertz CT molecular complexity index is 1170. The van der Waals surface area contributed by atoms with Crippen molar-refractivity contribution in [3.8, 4) is 5.75 Å². The molecule has 0 fully saturated rings. The Balaban J connectivity index is 1.57. The molecule has 3 aromatic rings. The number of hydrogen-bond donors (Lipinski definition) is 2. The zero-order valence-electron chi connectivity index (χ0n) is 21.9. The van der Waals surface area contributed by atoms with Gasteiger partial charge in [-0.3, -0.25) is 4.79 Å². The second-order valence-corrected chi connectivity index (χ2v) is 9.13. The molecule has 3 rings (SSSR count). The number of rotatable bonds is 12. The molecule has 0 bridgehead atoms. The fraction of sp³-hybridized carbons (Fsp3) is 0.300. The summed E-state index contributed by atoms with van der Waals surface area (Å²) < 4.78 is 16.0. The van der Waals surface area contributed by atoms with Crippen molar-refractivity contribution >= 4 is 18.0 Å². The highest BCUT2D eigenvalue weighted by molar-refractivity contribution is 5.90. The molecule has 0 aromatic heterocycles. The summed E-state index contributed by atoms with van der Waals surface area (Å²) >= 11 is 0. The van der Waals surface area contributed by atoms with Gasteiger partial charge < -0.3 is 24.8 Å². The lowest BCUT2D eigenvalue weighted by Crippen LogP contribution is -2.54. The average molecular weight is 519 g/mol. The summed E-state index contributed by atoms with van der Waals surface area (Å²) in [6.07, 6.45) is -0.510. The van der Waals surface area contributed by atoms with Gasteiger partial charge in [-0.05, 0) is 34.7 Å². The van der Waals surface area contributed by atoms with Gasteiger partial charge in [0.1, 0.15) is 31.0 Å². The van der Waals surface area contributed by atoms with Crippen molar-refractivity contribution in [2.75, 3.05) is 7.11 Å². The topological polar surface area (TPSA) is 103 Å². The molecule has 0 heterocycles. The lowest BCUT2D eigenvalue weighted by atomic mass is 10.0. The Morgan fingerprint density at radius 1 is 0.737 bits per heavy atom. The molecular weight excluding hydrogens is 484 g/mol. The molecule has 2 N–H and O–H groups in total. The van der Waals surface area contributed by atoms with Crippen molar-refractivity contribution in [3.05, 3.63) is 102 Å². The Morgan fingerprint density at radius 3 is 1.87 bits per heavy atom. The quantitative estimate of drug-likeness (QED) is 0.344. The highest BCUT2D eigenvalue weighted by atomic mass is 16.5. The second-order valence-electron chi connectivity index (χ2n) is 9.13. The highest BCUT2D eigenvalue weighted by Gasteiger charge is 2.30. The minimum absolute atomic E-state index is 0.0783. The first-order valence-corrected chi connectivity index (χ1v) is 12.5. The van der Waals surface area contributed by atoms with Gasteiger partial charge >= 0.3 is 12.1 Å². The zero-order valence-corrected chi connectivity index (χ0v) is 21.9. The first kappa shape index (κ1) is 28.2. The van der Waals surface area contributed by atoms with Gasteiger partial charge in [-0.15, -0.1) is 0 Å². The number of ether oxygens (including phenoxy) is 3. The number of amides is 2. The first-order chi connectivity index (χ1) is 18.4. The number of esters is 1. The fourth-order valence-corrected chi connectivity index (χ4v) is 3.72. The predicted octanol–water partition coefficient (Wildman–Crippen LogP) is 4.42. The molecule has 38 heavy (non-hydrogen) atoms. The van der Waals surface area contributed by atoms with Crippen molar-refractivity contribution in [1.29, 1.82) is 0 Å². The summed E-state index contributed by atoms with van der Waals surface area (Å²) in [4.78, 5) is 37.9. The maximum absolute atomic E-state index is 13.1. The second kappa shape index (κ2) is 14.4. The Labute approximate surface area is 223 Å². The van der Waals surface area contributed by atoms with E-state index in [0.29, 0.717) is 12.4 Å². The van der Waals surface area contributed by atoms with Gasteiger partial charge in [-0.25, -0.2) is 9.59 Å². The summed E-state index contributed by atoms with van der Waals surface area (Å²) in [5, 5.41) is 5.33. The number of hydrogen-bond acceptors (Lipinski definition) is 6. The average Bonchev–Trinajstić information content (AvgIpc) is 2.94. The van der Waals surface area contributed by atoms with Crippen LogP contribution >= 0.6 is 0 Å². The molecule has 2 amide bonds. The summed E-state index contributed by atoms with van der Waals surface area (Å²) in [6, 6.07) is 24.5. The molecule has 0 aliphatic rings. The van der Waals surface area contributed by atoms with Crippen molar-refractivity contribution in [3.63, 3.8) is 0 Å². The van der Waals surface area contributed by atoms with Crippen LogP contribution in [0.1, 0.15) is 30.5 Å². The lowest BCUT2D eigenvalue weighted by Gasteiger charge is -2.24. The van der Waals surface area contributed by atoms with E-state index < -0.39 is 30.1 Å². The molecule has 0 radical (unpaired) electrons. The predicted molar refractivity (Wildman–Crippen MR) is 143 cm³/mol. The van der Waals surface area contributed by atoms with Crippen LogP contribution in [0.2, 0.25) is 0 Å². The van der Waals surface area contributed by atoms with E-state index in [0.717, 1.165) is 16.7 Å². The highest BCUT2D eigenvalue weighted by Crippen LogP contribution is 2.16. The molecule has 200 valence electrons. The van der Waals surface area contributed by atoms with Crippen LogP contribution in [0, 0.1) is 5.92 Å². The van der Waals surface area contributed by atoms with E-state index in [1.54, 1.807) is 13.8 Å². The molecule has 2 atom stereocenters. The summed E-state index contributed by atoms with van der Waals surface area (Å²) in [7, 11) is 1.27. The zero-order chi connectivity index (χ0) is 27.3. The van der Waals surface area contributed by atoms with Gasteiger partial charge in [0.2, 0.25) is 5.91 Å². The maximum atomic E-state index is 13.1. The van der Waals surface area contributed by atoms with E-state index in [2.05, 4.69) is 10.6 Å². The molecular formula is C30H34N2O6. The van der Waals surface area contributed by atoms with Crippen molar-refractivity contribution < 1.29 is 28.6 Å². The van der Waals surface area contributed by atoms with Gasteiger partial charge in [0.05, 0.1) is 7.11 Å². The molecule has 0 saturated carbocycles. The summed E-state index contributed by atoms with van der Waals surface area (Å²) in [6.45, 7) is 4.11. The molecule has 8 nitrogen and oxygen atoms in total. The van der Waals surface area contributed by atoms with Crippen LogP contribution in [0.15, 0.2) is 84.9 Å². The maximum Gasteiger partial charge on any atom is 0.408 e. The Morgan fingerprint density at radius 2 is 1.32 bits per heavy atom. The van der Waals surface area contributed by atoms with Crippen LogP contribution < -0.4 is 15.4 Å². The normalized spacial score (nSPS) is 12.2. The van der Waals surface area contributed by atoms with Crippen molar-refractivity contribution in [1.82, 2.24) is 10.6 Å². The lowest BCUT2D eigenvalue weighted by molar-refractivity contribution is -0.145. The van der Waals surface area contributed by atoms with Crippen LogP contribution in [-0.2, 0) is 38.7 Å². The molecule has 3 aromatic carbocycles. The molecule has 0 unspecified atom stereocenters. The van der Waals surface area contributed by atoms with Crippen LogP contribution in [0.25, 0.3) is 0 Å². The van der Waals surface area contributed by atoms with E-state index in [9.17, 15) is 14.4 Å². The van der Waals surface area contributed by atoms with E-state index in [1.807, 2.05) is 84.9 Å². The third-order valence-electron chi connectivity index (χ3n) is 5.85. The number of carbonyl (C=O) groups is 3. The Hall–Kier alpha value is -4.33. The first-order valence-electron chi connectivity index (χ1n) is 12.5.